The van der Waals surface area contributed by atoms with Crippen molar-refractivity contribution in [3.8, 4) is 5.88 Å². The van der Waals surface area contributed by atoms with Gasteiger partial charge in [0.15, 0.2) is 6.10 Å². The first-order chi connectivity index (χ1) is 14.5. The van der Waals surface area contributed by atoms with Crippen molar-refractivity contribution in [2.45, 2.75) is 18.4 Å². The molecule has 1 aliphatic rings. The summed E-state index contributed by atoms with van der Waals surface area (Å²) in [6, 6.07) is 17.9. The number of H-pyrrole nitrogens is 1. The highest BCUT2D eigenvalue weighted by molar-refractivity contribution is 6.06. The number of aromatic nitrogens is 2. The lowest BCUT2D eigenvalue weighted by atomic mass is 10.0. The lowest BCUT2D eigenvalue weighted by molar-refractivity contribution is -0.131. The van der Waals surface area contributed by atoms with Gasteiger partial charge in [-0.25, -0.2) is 13.8 Å². The number of alkyl halides is 2. The van der Waals surface area contributed by atoms with E-state index in [4.69, 9.17) is 4.74 Å². The van der Waals surface area contributed by atoms with Crippen molar-refractivity contribution in [1.29, 1.82) is 0 Å². The summed E-state index contributed by atoms with van der Waals surface area (Å²) in [5, 5.41) is 1.67. The highest BCUT2D eigenvalue weighted by atomic mass is 19.3. The van der Waals surface area contributed by atoms with E-state index in [1.165, 1.54) is 4.90 Å². The molecule has 5 rings (SSSR count). The van der Waals surface area contributed by atoms with E-state index in [2.05, 4.69) is 9.97 Å². The fourth-order valence-electron chi connectivity index (χ4n) is 3.88. The van der Waals surface area contributed by atoms with Crippen LogP contribution in [0.15, 0.2) is 66.9 Å². The Labute approximate surface area is 171 Å². The number of pyridine rings is 1. The lowest BCUT2D eigenvalue weighted by Gasteiger charge is -2.38. The van der Waals surface area contributed by atoms with Gasteiger partial charge in [0.1, 0.15) is 0 Å². The normalized spacial score (nSPS) is 18.6. The Morgan fingerprint density at radius 1 is 1.10 bits per heavy atom. The molecule has 1 aliphatic heterocycles. The molecule has 1 fully saturated rings. The average molecular weight is 407 g/mol. The number of nitrogens with zero attached hydrogens (tertiary/aromatic N) is 2. The molecule has 4 aromatic rings. The number of amides is 1. The molecule has 0 saturated carbocycles. The molecule has 0 spiro atoms. The summed E-state index contributed by atoms with van der Waals surface area (Å²) >= 11 is 0. The van der Waals surface area contributed by atoms with Crippen molar-refractivity contribution in [3.63, 3.8) is 0 Å². The molecule has 3 heterocycles. The number of likely N-dealkylation sites (tertiary alicyclic amines) is 1. The van der Waals surface area contributed by atoms with Crippen molar-refractivity contribution in [2.24, 2.45) is 0 Å². The van der Waals surface area contributed by atoms with Crippen LogP contribution in [0.1, 0.15) is 16.8 Å². The summed E-state index contributed by atoms with van der Waals surface area (Å²) < 4.78 is 34.8. The number of benzene rings is 2. The second-order valence-corrected chi connectivity index (χ2v) is 7.46. The van der Waals surface area contributed by atoms with Gasteiger partial charge in [-0.15, -0.1) is 0 Å². The molecule has 1 saturated heterocycles. The van der Waals surface area contributed by atoms with Crippen LogP contribution >= 0.6 is 0 Å². The monoisotopic (exact) mass is 407 g/mol. The third kappa shape index (κ3) is 3.26. The van der Waals surface area contributed by atoms with Gasteiger partial charge in [0, 0.05) is 47.1 Å². The summed E-state index contributed by atoms with van der Waals surface area (Å²) in [5.41, 5.74) is 1.99. The number of ether oxygens (including phenoxy) is 1. The number of para-hydroxylation sites is 1. The second-order valence-electron chi connectivity index (χ2n) is 7.46. The molecule has 2 aromatic heterocycles. The van der Waals surface area contributed by atoms with Crippen LogP contribution in [0.4, 0.5) is 8.78 Å². The standard InChI is InChI=1S/C23H19F2N3O2/c24-23(25)11-13-28(22(29)17-5-3-7-19-16(17)10-12-26-19)14-20(23)30-21-9-8-15-4-1-2-6-18(15)27-21/h1-10,12,20,26H,11,13-14H2. The molecule has 5 nitrogen and oxygen atoms in total. The topological polar surface area (TPSA) is 58.2 Å². The number of hydrogen-bond donors (Lipinski definition) is 1. The van der Waals surface area contributed by atoms with Crippen molar-refractivity contribution >= 4 is 27.7 Å². The zero-order chi connectivity index (χ0) is 20.7. The SMILES string of the molecule is O=C(c1cccc2[nH]ccc12)N1CCC(F)(F)C(Oc2ccc3ccccc3n2)C1. The molecule has 1 unspecified atom stereocenters. The molecule has 1 amide bonds. The van der Waals surface area contributed by atoms with Gasteiger partial charge in [0.25, 0.3) is 11.8 Å². The van der Waals surface area contributed by atoms with Gasteiger partial charge in [-0.1, -0.05) is 24.3 Å². The summed E-state index contributed by atoms with van der Waals surface area (Å²) in [7, 11) is 0. The molecule has 7 heteroatoms. The minimum Gasteiger partial charge on any atom is -0.466 e. The van der Waals surface area contributed by atoms with E-state index in [0.29, 0.717) is 11.1 Å². The Kier molecular flexibility index (Phi) is 4.38. The van der Waals surface area contributed by atoms with Gasteiger partial charge in [-0.2, -0.15) is 0 Å². The zero-order valence-electron chi connectivity index (χ0n) is 16.0. The summed E-state index contributed by atoms with van der Waals surface area (Å²) in [5.74, 6) is -3.21. The molecule has 30 heavy (non-hydrogen) atoms. The zero-order valence-corrected chi connectivity index (χ0v) is 16.0. The van der Waals surface area contributed by atoms with Crippen molar-refractivity contribution in [2.75, 3.05) is 13.1 Å². The Balaban J connectivity index is 1.40. The number of aromatic amines is 1. The highest BCUT2D eigenvalue weighted by Crippen LogP contribution is 2.33. The van der Waals surface area contributed by atoms with Crippen molar-refractivity contribution in [1.82, 2.24) is 14.9 Å². The van der Waals surface area contributed by atoms with Gasteiger partial charge < -0.3 is 14.6 Å². The molecule has 152 valence electrons. The maximum Gasteiger partial charge on any atom is 0.287 e. The van der Waals surface area contributed by atoms with E-state index >= 15 is 0 Å². The van der Waals surface area contributed by atoms with E-state index in [-0.39, 0.29) is 24.9 Å². The van der Waals surface area contributed by atoms with Gasteiger partial charge >= 0.3 is 0 Å². The average Bonchev–Trinajstić information content (AvgIpc) is 3.23. The fourth-order valence-corrected chi connectivity index (χ4v) is 3.88. The van der Waals surface area contributed by atoms with Crippen LogP contribution < -0.4 is 4.74 Å². The van der Waals surface area contributed by atoms with E-state index in [0.717, 1.165) is 16.3 Å². The Morgan fingerprint density at radius 3 is 2.87 bits per heavy atom. The smallest absolute Gasteiger partial charge is 0.287 e. The molecule has 0 radical (unpaired) electrons. The molecule has 0 bridgehead atoms. The van der Waals surface area contributed by atoms with Crippen molar-refractivity contribution in [3.05, 3.63) is 72.4 Å². The fraction of sp³-hybridized carbons (Fsp3) is 0.217. The third-order valence-corrected chi connectivity index (χ3v) is 5.52. The molecular weight excluding hydrogens is 388 g/mol. The van der Waals surface area contributed by atoms with Gasteiger partial charge in [0.05, 0.1) is 12.1 Å². The number of carbonyl (C=O) groups excluding carboxylic acids is 1. The van der Waals surface area contributed by atoms with Crippen LogP contribution in [0, 0.1) is 0 Å². The summed E-state index contributed by atoms with van der Waals surface area (Å²) in [6.45, 7) is -0.237. The minimum absolute atomic E-state index is 0.0301. The molecule has 1 atom stereocenters. The number of nitrogens with one attached hydrogen (secondary N) is 1. The van der Waals surface area contributed by atoms with E-state index < -0.39 is 18.4 Å². The maximum absolute atomic E-state index is 14.6. The number of halogens is 2. The first kappa shape index (κ1) is 18.5. The van der Waals surface area contributed by atoms with E-state index in [1.807, 2.05) is 30.3 Å². The van der Waals surface area contributed by atoms with Crippen molar-refractivity contribution < 1.29 is 18.3 Å². The largest absolute Gasteiger partial charge is 0.466 e. The number of fused-ring (bicyclic) bond motifs is 2. The first-order valence-electron chi connectivity index (χ1n) is 9.77. The number of piperidine rings is 1. The Bertz CT molecular complexity index is 1240. The number of carbonyl (C=O) groups is 1. The van der Waals surface area contributed by atoms with Gasteiger partial charge in [-0.05, 0) is 30.3 Å². The van der Waals surface area contributed by atoms with E-state index in [1.54, 1.807) is 36.5 Å². The van der Waals surface area contributed by atoms with Crippen LogP contribution in [-0.2, 0) is 0 Å². The summed E-state index contributed by atoms with van der Waals surface area (Å²) in [4.78, 5) is 21.9. The van der Waals surface area contributed by atoms with Gasteiger partial charge in [-0.3, -0.25) is 4.79 Å². The Morgan fingerprint density at radius 2 is 1.97 bits per heavy atom. The maximum atomic E-state index is 14.6. The van der Waals surface area contributed by atoms with Crippen LogP contribution in [0.25, 0.3) is 21.8 Å². The molecular formula is C23H19F2N3O2. The third-order valence-electron chi connectivity index (χ3n) is 5.52. The predicted molar refractivity (Wildman–Crippen MR) is 110 cm³/mol. The highest BCUT2D eigenvalue weighted by Gasteiger charge is 2.47. The first-order valence-corrected chi connectivity index (χ1v) is 9.77. The Hall–Kier alpha value is -3.48. The number of rotatable bonds is 3. The summed E-state index contributed by atoms with van der Waals surface area (Å²) in [6.07, 6.45) is -0.169. The van der Waals surface area contributed by atoms with Crippen LogP contribution in [0.2, 0.25) is 0 Å². The van der Waals surface area contributed by atoms with Crippen LogP contribution in [0.3, 0.4) is 0 Å². The van der Waals surface area contributed by atoms with E-state index in [9.17, 15) is 13.6 Å². The van der Waals surface area contributed by atoms with Crippen LogP contribution in [-0.4, -0.2) is 45.9 Å². The van der Waals surface area contributed by atoms with Gasteiger partial charge in [0.2, 0.25) is 5.88 Å². The molecule has 2 aromatic carbocycles. The lowest BCUT2D eigenvalue weighted by Crippen LogP contribution is -2.55. The molecule has 1 N–H and O–H groups in total. The minimum atomic E-state index is -3.05. The molecule has 0 aliphatic carbocycles. The quantitative estimate of drug-likeness (QED) is 0.538. The number of hydrogen-bond acceptors (Lipinski definition) is 3. The predicted octanol–water partition coefficient (Wildman–Crippen LogP) is 4.64. The van der Waals surface area contributed by atoms with Crippen LogP contribution in [0.5, 0.6) is 5.88 Å². The second kappa shape index (κ2) is 7.09.